The van der Waals surface area contributed by atoms with Crippen molar-refractivity contribution < 1.29 is 14.5 Å². The molecule has 1 amide bonds. The first kappa shape index (κ1) is 14.8. The van der Waals surface area contributed by atoms with E-state index in [2.05, 4.69) is 5.32 Å². The third-order valence-corrected chi connectivity index (χ3v) is 2.98. The molecule has 2 aromatic carbocycles. The summed E-state index contributed by atoms with van der Waals surface area (Å²) >= 11 is 5.71. The molecule has 2 aromatic rings. The Labute approximate surface area is 125 Å². The quantitative estimate of drug-likeness (QED) is 0.692. The highest BCUT2D eigenvalue weighted by Crippen LogP contribution is 2.24. The summed E-state index contributed by atoms with van der Waals surface area (Å²) < 4.78 is 5.01. The van der Waals surface area contributed by atoms with E-state index in [9.17, 15) is 14.9 Å². The maximum atomic E-state index is 12.1. The van der Waals surface area contributed by atoms with Crippen LogP contribution in [0.25, 0.3) is 0 Å². The maximum absolute atomic E-state index is 12.1. The lowest BCUT2D eigenvalue weighted by Crippen LogP contribution is -2.13. The van der Waals surface area contributed by atoms with Crippen molar-refractivity contribution in [1.29, 1.82) is 0 Å². The molecule has 0 saturated carbocycles. The average molecular weight is 307 g/mol. The summed E-state index contributed by atoms with van der Waals surface area (Å²) in [6.45, 7) is 0. The van der Waals surface area contributed by atoms with Gasteiger partial charge in [-0.3, -0.25) is 14.9 Å². The van der Waals surface area contributed by atoms with Crippen LogP contribution >= 0.6 is 11.6 Å². The standard InChI is InChI=1S/C14H11ClN2O4/c1-21-11-5-3-10(4-6-11)16-14(18)12-7-2-9(15)8-13(12)17(19)20/h2-8H,1H3,(H,16,18). The molecule has 0 heterocycles. The Kier molecular flexibility index (Phi) is 4.39. The number of nitro benzene ring substituents is 1. The number of ether oxygens (including phenoxy) is 1. The van der Waals surface area contributed by atoms with Crippen molar-refractivity contribution in [1.82, 2.24) is 0 Å². The Bertz CT molecular complexity index is 686. The van der Waals surface area contributed by atoms with Crippen LogP contribution in [-0.4, -0.2) is 17.9 Å². The van der Waals surface area contributed by atoms with Crippen molar-refractivity contribution in [3.05, 3.63) is 63.2 Å². The van der Waals surface area contributed by atoms with Crippen LogP contribution < -0.4 is 10.1 Å². The first-order valence-corrected chi connectivity index (χ1v) is 6.28. The zero-order valence-corrected chi connectivity index (χ0v) is 11.8. The number of nitrogens with one attached hydrogen (secondary N) is 1. The molecule has 108 valence electrons. The number of hydrogen-bond acceptors (Lipinski definition) is 4. The van der Waals surface area contributed by atoms with E-state index in [-0.39, 0.29) is 16.3 Å². The molecule has 0 aliphatic carbocycles. The number of benzene rings is 2. The highest BCUT2D eigenvalue weighted by molar-refractivity contribution is 6.31. The maximum Gasteiger partial charge on any atom is 0.283 e. The second-order valence-corrected chi connectivity index (χ2v) is 4.54. The molecule has 2 rings (SSSR count). The molecule has 0 fully saturated rings. The Hall–Kier alpha value is -2.60. The van der Waals surface area contributed by atoms with Crippen LogP contribution in [0, 0.1) is 10.1 Å². The number of carbonyl (C=O) groups is 1. The third kappa shape index (κ3) is 3.49. The fourth-order valence-corrected chi connectivity index (χ4v) is 1.89. The third-order valence-electron chi connectivity index (χ3n) is 2.75. The van der Waals surface area contributed by atoms with Gasteiger partial charge < -0.3 is 10.1 Å². The fraction of sp³-hybridized carbons (Fsp3) is 0.0714. The van der Waals surface area contributed by atoms with Gasteiger partial charge in [0.05, 0.1) is 12.0 Å². The van der Waals surface area contributed by atoms with Crippen LogP contribution in [0.4, 0.5) is 11.4 Å². The zero-order chi connectivity index (χ0) is 15.4. The molecule has 0 aliphatic rings. The number of nitrogens with zero attached hydrogens (tertiary/aromatic N) is 1. The first-order valence-electron chi connectivity index (χ1n) is 5.90. The van der Waals surface area contributed by atoms with Crippen molar-refractivity contribution in [3.8, 4) is 5.75 Å². The van der Waals surface area contributed by atoms with E-state index >= 15 is 0 Å². The fourth-order valence-electron chi connectivity index (χ4n) is 1.72. The number of rotatable bonds is 4. The van der Waals surface area contributed by atoms with E-state index in [0.29, 0.717) is 11.4 Å². The smallest absolute Gasteiger partial charge is 0.283 e. The van der Waals surface area contributed by atoms with Crippen molar-refractivity contribution in [3.63, 3.8) is 0 Å². The predicted molar refractivity (Wildman–Crippen MR) is 79.1 cm³/mol. The molecule has 0 radical (unpaired) electrons. The predicted octanol–water partition coefficient (Wildman–Crippen LogP) is 3.51. The summed E-state index contributed by atoms with van der Waals surface area (Å²) in [5, 5.41) is 13.7. The van der Waals surface area contributed by atoms with Gasteiger partial charge in [0.2, 0.25) is 0 Å². The van der Waals surface area contributed by atoms with E-state index in [1.165, 1.54) is 19.2 Å². The Morgan fingerprint density at radius 1 is 1.24 bits per heavy atom. The van der Waals surface area contributed by atoms with Crippen LogP contribution in [0.1, 0.15) is 10.4 Å². The summed E-state index contributed by atoms with van der Waals surface area (Å²) in [6.07, 6.45) is 0. The summed E-state index contributed by atoms with van der Waals surface area (Å²) in [5.41, 5.74) is 0.110. The van der Waals surface area contributed by atoms with Gasteiger partial charge in [-0.25, -0.2) is 0 Å². The van der Waals surface area contributed by atoms with Crippen LogP contribution in [-0.2, 0) is 0 Å². The molecular weight excluding hydrogens is 296 g/mol. The van der Waals surface area contributed by atoms with Crippen molar-refractivity contribution in [2.24, 2.45) is 0 Å². The Morgan fingerprint density at radius 2 is 1.90 bits per heavy atom. The van der Waals surface area contributed by atoms with Gasteiger partial charge in [0, 0.05) is 16.8 Å². The SMILES string of the molecule is COc1ccc(NC(=O)c2ccc(Cl)cc2[N+](=O)[O-])cc1. The minimum absolute atomic E-state index is 0.0554. The normalized spacial score (nSPS) is 10.0. The summed E-state index contributed by atoms with van der Waals surface area (Å²) in [5.74, 6) is 0.0639. The van der Waals surface area contributed by atoms with E-state index in [4.69, 9.17) is 16.3 Å². The number of amides is 1. The number of nitro groups is 1. The zero-order valence-electron chi connectivity index (χ0n) is 11.0. The highest BCUT2D eigenvalue weighted by atomic mass is 35.5. The first-order chi connectivity index (χ1) is 10.0. The van der Waals surface area contributed by atoms with Crippen molar-refractivity contribution >= 4 is 28.9 Å². The number of anilines is 1. The lowest BCUT2D eigenvalue weighted by molar-refractivity contribution is -0.385. The molecule has 1 N–H and O–H groups in total. The highest BCUT2D eigenvalue weighted by Gasteiger charge is 2.20. The number of carbonyl (C=O) groups excluding carboxylic acids is 1. The Morgan fingerprint density at radius 3 is 2.48 bits per heavy atom. The molecule has 0 aliphatic heterocycles. The molecule has 0 aromatic heterocycles. The van der Waals surface area contributed by atoms with Crippen LogP contribution in [0.5, 0.6) is 5.75 Å². The monoisotopic (exact) mass is 306 g/mol. The van der Waals surface area contributed by atoms with E-state index in [1.807, 2.05) is 0 Å². The van der Waals surface area contributed by atoms with Crippen molar-refractivity contribution in [2.45, 2.75) is 0 Å². The molecule has 21 heavy (non-hydrogen) atoms. The van der Waals surface area contributed by atoms with Crippen LogP contribution in [0.15, 0.2) is 42.5 Å². The molecule has 6 nitrogen and oxygen atoms in total. The van der Waals surface area contributed by atoms with Gasteiger partial charge in [-0.05, 0) is 36.4 Å². The Balaban J connectivity index is 2.25. The van der Waals surface area contributed by atoms with E-state index < -0.39 is 10.8 Å². The number of methoxy groups -OCH3 is 1. The van der Waals surface area contributed by atoms with Gasteiger partial charge in [-0.1, -0.05) is 11.6 Å². The molecule has 0 spiro atoms. The number of halogens is 1. The summed E-state index contributed by atoms with van der Waals surface area (Å²) in [7, 11) is 1.53. The lowest BCUT2D eigenvalue weighted by atomic mass is 10.1. The second kappa shape index (κ2) is 6.23. The topological polar surface area (TPSA) is 81.5 Å². The molecular formula is C14H11ClN2O4. The number of hydrogen-bond donors (Lipinski definition) is 1. The summed E-state index contributed by atoms with van der Waals surface area (Å²) in [6, 6.07) is 10.5. The average Bonchev–Trinajstić information content (AvgIpc) is 2.47. The second-order valence-electron chi connectivity index (χ2n) is 4.10. The van der Waals surface area contributed by atoms with Gasteiger partial charge >= 0.3 is 0 Å². The molecule has 0 saturated heterocycles. The minimum Gasteiger partial charge on any atom is -0.497 e. The van der Waals surface area contributed by atoms with Crippen molar-refractivity contribution in [2.75, 3.05) is 12.4 Å². The van der Waals surface area contributed by atoms with Gasteiger partial charge in [0.1, 0.15) is 11.3 Å². The molecule has 7 heteroatoms. The van der Waals surface area contributed by atoms with Gasteiger partial charge in [0.25, 0.3) is 11.6 Å². The van der Waals surface area contributed by atoms with Crippen LogP contribution in [0.3, 0.4) is 0 Å². The van der Waals surface area contributed by atoms with Crippen LogP contribution in [0.2, 0.25) is 5.02 Å². The summed E-state index contributed by atoms with van der Waals surface area (Å²) in [4.78, 5) is 22.4. The van der Waals surface area contributed by atoms with Gasteiger partial charge in [0.15, 0.2) is 0 Å². The van der Waals surface area contributed by atoms with Gasteiger partial charge in [-0.15, -0.1) is 0 Å². The molecule has 0 unspecified atom stereocenters. The van der Waals surface area contributed by atoms with E-state index in [0.717, 1.165) is 6.07 Å². The molecule has 0 atom stereocenters. The largest absolute Gasteiger partial charge is 0.497 e. The molecule has 0 bridgehead atoms. The van der Waals surface area contributed by atoms with E-state index in [1.54, 1.807) is 24.3 Å². The lowest BCUT2D eigenvalue weighted by Gasteiger charge is -2.07. The minimum atomic E-state index is -0.644. The van der Waals surface area contributed by atoms with Gasteiger partial charge in [-0.2, -0.15) is 0 Å².